The van der Waals surface area contributed by atoms with E-state index in [1.54, 1.807) is 0 Å². The number of benzene rings is 1. The van der Waals surface area contributed by atoms with Gasteiger partial charge in [0.25, 0.3) is 0 Å². The maximum Gasteiger partial charge on any atom is 0.309 e. The summed E-state index contributed by atoms with van der Waals surface area (Å²) >= 11 is 0. The Balaban J connectivity index is 2.96. The van der Waals surface area contributed by atoms with Crippen molar-refractivity contribution in [2.45, 2.75) is 31.6 Å². The van der Waals surface area contributed by atoms with E-state index >= 15 is 0 Å². The van der Waals surface area contributed by atoms with Crippen LogP contribution in [0.5, 0.6) is 0 Å². The summed E-state index contributed by atoms with van der Waals surface area (Å²) in [6, 6.07) is 10.9. The molecule has 0 spiro atoms. The molecule has 0 aliphatic heterocycles. The van der Waals surface area contributed by atoms with Gasteiger partial charge >= 0.3 is 5.97 Å². The van der Waals surface area contributed by atoms with E-state index in [1.807, 2.05) is 55.5 Å². The summed E-state index contributed by atoms with van der Waals surface area (Å²) in [5.41, 5.74) is 0.964. The van der Waals surface area contributed by atoms with E-state index < -0.39 is 8.07 Å². The first-order valence-corrected chi connectivity index (χ1v) is 10.3. The van der Waals surface area contributed by atoms with Crippen molar-refractivity contribution in [3.05, 3.63) is 54.6 Å². The Hall–Kier alpha value is -1.61. The smallest absolute Gasteiger partial charge is 0.309 e. The molecule has 0 aliphatic carbocycles. The van der Waals surface area contributed by atoms with Crippen molar-refractivity contribution in [1.82, 2.24) is 0 Å². The van der Waals surface area contributed by atoms with Gasteiger partial charge in [0.1, 0.15) is 0 Å². The largest absolute Gasteiger partial charge is 0.466 e. The van der Waals surface area contributed by atoms with Crippen molar-refractivity contribution in [3.63, 3.8) is 0 Å². The molecule has 1 rings (SSSR count). The molecule has 0 bridgehead atoms. The highest BCUT2D eigenvalue weighted by atomic mass is 28.3. The molecule has 108 valence electrons. The van der Waals surface area contributed by atoms with Gasteiger partial charge < -0.3 is 4.74 Å². The summed E-state index contributed by atoms with van der Waals surface area (Å²) in [5, 5.41) is 0. The molecule has 0 heterocycles. The van der Waals surface area contributed by atoms with Gasteiger partial charge in [-0.25, -0.2) is 0 Å². The highest BCUT2D eigenvalue weighted by molar-refractivity contribution is 6.82. The number of hydrogen-bond acceptors (Lipinski definition) is 2. The quantitative estimate of drug-likeness (QED) is 0.419. The molecular formula is C17H24O2Si. The number of carbonyl (C=O) groups excluding carboxylic acids is 1. The monoisotopic (exact) mass is 288 g/mol. The van der Waals surface area contributed by atoms with Gasteiger partial charge in [-0.05, 0) is 18.5 Å². The fraction of sp³-hybridized carbons (Fsp3) is 0.353. The molecule has 1 aromatic carbocycles. The Bertz CT molecular complexity index is 463. The molecule has 0 aromatic heterocycles. The summed E-state index contributed by atoms with van der Waals surface area (Å²) in [7, 11) is -1.77. The number of carbonyl (C=O) groups is 1. The van der Waals surface area contributed by atoms with E-state index in [0.29, 0.717) is 6.61 Å². The molecule has 0 saturated heterocycles. The molecule has 0 fully saturated rings. The lowest BCUT2D eigenvalue weighted by Crippen LogP contribution is -2.36. The lowest BCUT2D eigenvalue weighted by atomic mass is 10.2. The van der Waals surface area contributed by atoms with Crippen LogP contribution in [0.4, 0.5) is 0 Å². The van der Waals surface area contributed by atoms with Crippen LogP contribution in [0.15, 0.2) is 49.1 Å². The summed E-state index contributed by atoms with van der Waals surface area (Å²) in [6.07, 6.45) is 5.93. The van der Waals surface area contributed by atoms with Crippen LogP contribution < -0.4 is 0 Å². The number of rotatable bonds is 7. The second-order valence-corrected chi connectivity index (χ2v) is 10.5. The van der Waals surface area contributed by atoms with Crippen LogP contribution in [0.2, 0.25) is 24.7 Å². The highest BCUT2D eigenvalue weighted by Gasteiger charge is 2.35. The van der Waals surface area contributed by atoms with E-state index in [1.165, 1.54) is 0 Å². The van der Waals surface area contributed by atoms with Gasteiger partial charge in [-0.3, -0.25) is 4.79 Å². The van der Waals surface area contributed by atoms with E-state index in [9.17, 15) is 4.79 Å². The molecule has 3 heteroatoms. The van der Waals surface area contributed by atoms with Crippen molar-refractivity contribution in [3.8, 4) is 0 Å². The second kappa shape index (κ2) is 7.85. The molecule has 1 atom stereocenters. The minimum atomic E-state index is -1.77. The Morgan fingerprint density at radius 2 is 2.00 bits per heavy atom. The summed E-state index contributed by atoms with van der Waals surface area (Å²) in [5.74, 6) is -0.113. The SMILES string of the molecule is C=CC[Si](C)(C)C(/C=C/c1ccccc1)C(=O)OCC. The van der Waals surface area contributed by atoms with Crippen molar-refractivity contribution in [2.75, 3.05) is 6.61 Å². The van der Waals surface area contributed by atoms with Crippen LogP contribution >= 0.6 is 0 Å². The molecule has 0 N–H and O–H groups in total. The fourth-order valence-corrected chi connectivity index (χ4v) is 4.50. The van der Waals surface area contributed by atoms with Crippen LogP contribution in [0, 0.1) is 0 Å². The zero-order chi connectivity index (χ0) is 15.0. The Morgan fingerprint density at radius 1 is 1.35 bits per heavy atom. The highest BCUT2D eigenvalue weighted by Crippen LogP contribution is 2.29. The van der Waals surface area contributed by atoms with Crippen molar-refractivity contribution in [1.29, 1.82) is 0 Å². The average molecular weight is 288 g/mol. The molecule has 1 aromatic rings. The molecule has 20 heavy (non-hydrogen) atoms. The van der Waals surface area contributed by atoms with Crippen molar-refractivity contribution >= 4 is 20.1 Å². The van der Waals surface area contributed by atoms with Crippen LogP contribution in [-0.2, 0) is 9.53 Å². The molecular weight excluding hydrogens is 264 g/mol. The van der Waals surface area contributed by atoms with Gasteiger partial charge in [-0.2, -0.15) is 0 Å². The van der Waals surface area contributed by atoms with Gasteiger partial charge in [0.2, 0.25) is 0 Å². The van der Waals surface area contributed by atoms with Gasteiger partial charge in [0.05, 0.1) is 20.2 Å². The maximum atomic E-state index is 12.2. The zero-order valence-corrected chi connectivity index (χ0v) is 13.6. The lowest BCUT2D eigenvalue weighted by Gasteiger charge is -2.27. The lowest BCUT2D eigenvalue weighted by molar-refractivity contribution is -0.142. The third-order valence-corrected chi connectivity index (χ3v) is 6.79. The van der Waals surface area contributed by atoms with Gasteiger partial charge in [-0.1, -0.05) is 61.7 Å². The predicted molar refractivity (Wildman–Crippen MR) is 88.3 cm³/mol. The average Bonchev–Trinajstić information content (AvgIpc) is 2.40. The standard InChI is InChI=1S/C17H24O2Si/c1-5-14-20(3,4)16(17(18)19-6-2)13-12-15-10-8-7-9-11-15/h5,7-13,16H,1,6,14H2,2-4H3/b13-12+. The minimum Gasteiger partial charge on any atom is -0.466 e. The van der Waals surface area contributed by atoms with Crippen molar-refractivity contribution < 1.29 is 9.53 Å². The Kier molecular flexibility index (Phi) is 6.45. The molecule has 0 saturated carbocycles. The minimum absolute atomic E-state index is 0.113. The normalized spacial score (nSPS) is 13.2. The number of allylic oxidation sites excluding steroid dienone is 1. The zero-order valence-electron chi connectivity index (χ0n) is 12.6. The summed E-state index contributed by atoms with van der Waals surface area (Å²) in [6.45, 7) is 10.5. The Morgan fingerprint density at radius 3 is 2.55 bits per heavy atom. The van der Waals surface area contributed by atoms with Crippen LogP contribution in [-0.4, -0.2) is 20.7 Å². The number of esters is 1. The van der Waals surface area contributed by atoms with E-state index in [2.05, 4.69) is 19.7 Å². The first-order chi connectivity index (χ1) is 9.51. The molecule has 2 nitrogen and oxygen atoms in total. The van der Waals surface area contributed by atoms with Crippen LogP contribution in [0.3, 0.4) is 0 Å². The van der Waals surface area contributed by atoms with Crippen molar-refractivity contribution in [2.24, 2.45) is 0 Å². The maximum absolute atomic E-state index is 12.2. The van der Waals surface area contributed by atoms with E-state index in [0.717, 1.165) is 11.6 Å². The number of ether oxygens (including phenoxy) is 1. The molecule has 0 radical (unpaired) electrons. The third-order valence-electron chi connectivity index (χ3n) is 3.33. The van der Waals surface area contributed by atoms with Crippen LogP contribution in [0.1, 0.15) is 12.5 Å². The second-order valence-electron chi connectivity index (χ2n) is 5.48. The van der Waals surface area contributed by atoms with Crippen LogP contribution in [0.25, 0.3) is 6.08 Å². The molecule has 0 amide bonds. The summed E-state index contributed by atoms with van der Waals surface area (Å²) < 4.78 is 5.24. The van der Waals surface area contributed by atoms with Gasteiger partial charge in [-0.15, -0.1) is 6.58 Å². The van der Waals surface area contributed by atoms with Gasteiger partial charge in [0, 0.05) is 0 Å². The van der Waals surface area contributed by atoms with Gasteiger partial charge in [0.15, 0.2) is 0 Å². The first kappa shape index (κ1) is 16.4. The predicted octanol–water partition coefficient (Wildman–Crippen LogP) is 4.53. The number of hydrogen-bond donors (Lipinski definition) is 0. The fourth-order valence-electron chi connectivity index (χ4n) is 2.16. The first-order valence-electron chi connectivity index (χ1n) is 7.02. The van der Waals surface area contributed by atoms with E-state index in [4.69, 9.17) is 4.74 Å². The third kappa shape index (κ3) is 4.81. The Labute approximate surface area is 123 Å². The van der Waals surface area contributed by atoms with E-state index in [-0.39, 0.29) is 11.5 Å². The topological polar surface area (TPSA) is 26.3 Å². The molecule has 1 unspecified atom stereocenters. The summed E-state index contributed by atoms with van der Waals surface area (Å²) in [4.78, 5) is 12.2. The molecule has 0 aliphatic rings.